The zero-order chi connectivity index (χ0) is 19.1. The highest BCUT2D eigenvalue weighted by Gasteiger charge is 2.17. The van der Waals surface area contributed by atoms with Gasteiger partial charge in [-0.05, 0) is 36.1 Å². The normalized spacial score (nSPS) is 13.3. The summed E-state index contributed by atoms with van der Waals surface area (Å²) in [6.07, 6.45) is 2.45. The van der Waals surface area contributed by atoms with E-state index in [0.717, 1.165) is 37.1 Å². The predicted molar refractivity (Wildman–Crippen MR) is 106 cm³/mol. The van der Waals surface area contributed by atoms with Crippen molar-refractivity contribution in [3.8, 4) is 16.9 Å². The molecule has 2 N–H and O–H groups in total. The number of nitrogens with zero attached hydrogens (tertiary/aromatic N) is 1. The Bertz CT molecular complexity index is 787. The Balaban J connectivity index is 1.58. The third-order valence-corrected chi connectivity index (χ3v) is 4.64. The molecule has 6 nitrogen and oxygen atoms in total. The first-order valence-corrected chi connectivity index (χ1v) is 9.23. The van der Waals surface area contributed by atoms with Gasteiger partial charge in [0.15, 0.2) is 0 Å². The molecule has 3 amide bonds. The molecule has 2 aromatic rings. The second-order valence-corrected chi connectivity index (χ2v) is 6.50. The van der Waals surface area contributed by atoms with Gasteiger partial charge in [-0.2, -0.15) is 0 Å². The molecule has 0 aromatic heterocycles. The highest BCUT2D eigenvalue weighted by atomic mass is 16.5. The van der Waals surface area contributed by atoms with Crippen LogP contribution < -0.4 is 15.4 Å². The molecule has 1 aliphatic rings. The number of hydrogen-bond donors (Lipinski definition) is 2. The van der Waals surface area contributed by atoms with Gasteiger partial charge in [-0.3, -0.25) is 4.79 Å². The summed E-state index contributed by atoms with van der Waals surface area (Å²) in [6, 6.07) is 15.2. The van der Waals surface area contributed by atoms with E-state index in [-0.39, 0.29) is 11.9 Å². The lowest BCUT2D eigenvalue weighted by Crippen LogP contribution is -2.34. The molecular weight excluding hydrogens is 342 g/mol. The number of rotatable bonds is 6. The van der Waals surface area contributed by atoms with Crippen molar-refractivity contribution in [1.82, 2.24) is 10.2 Å². The molecule has 1 fully saturated rings. The zero-order valence-corrected chi connectivity index (χ0v) is 15.5. The van der Waals surface area contributed by atoms with E-state index in [1.54, 1.807) is 7.11 Å². The van der Waals surface area contributed by atoms with Gasteiger partial charge in [0.1, 0.15) is 5.75 Å². The van der Waals surface area contributed by atoms with Gasteiger partial charge in [0.2, 0.25) is 5.91 Å². The number of amides is 3. The molecule has 142 valence electrons. The Kier molecular flexibility index (Phi) is 6.30. The maximum atomic E-state index is 12.2. The molecule has 0 radical (unpaired) electrons. The lowest BCUT2D eigenvalue weighted by atomic mass is 10.0. The predicted octanol–water partition coefficient (Wildman–Crippen LogP) is 3.50. The van der Waals surface area contributed by atoms with E-state index in [9.17, 15) is 9.59 Å². The van der Waals surface area contributed by atoms with E-state index in [1.807, 2.05) is 53.4 Å². The van der Waals surface area contributed by atoms with Gasteiger partial charge < -0.3 is 20.3 Å². The summed E-state index contributed by atoms with van der Waals surface area (Å²) < 4.78 is 5.34. The van der Waals surface area contributed by atoms with Gasteiger partial charge in [-0.25, -0.2) is 4.79 Å². The van der Waals surface area contributed by atoms with Crippen LogP contribution in [0.15, 0.2) is 48.5 Å². The van der Waals surface area contributed by atoms with Crippen LogP contribution in [0, 0.1) is 0 Å². The Hall–Kier alpha value is -3.02. The van der Waals surface area contributed by atoms with Gasteiger partial charge >= 0.3 is 6.03 Å². The minimum atomic E-state index is -0.354. The Morgan fingerprint density at radius 2 is 1.78 bits per heavy atom. The topological polar surface area (TPSA) is 70.7 Å². The van der Waals surface area contributed by atoms with Crippen molar-refractivity contribution in [2.45, 2.75) is 19.3 Å². The lowest BCUT2D eigenvalue weighted by Gasteiger charge is -2.16. The molecule has 3 rings (SSSR count). The maximum absolute atomic E-state index is 12.2. The van der Waals surface area contributed by atoms with Crippen molar-refractivity contribution >= 4 is 17.6 Å². The number of urea groups is 1. The van der Waals surface area contributed by atoms with Gasteiger partial charge in [0.25, 0.3) is 0 Å². The molecule has 6 heteroatoms. The summed E-state index contributed by atoms with van der Waals surface area (Å²) in [7, 11) is 1.56. The van der Waals surface area contributed by atoms with Crippen molar-refractivity contribution in [3.63, 3.8) is 0 Å². The highest BCUT2D eigenvalue weighted by Crippen LogP contribution is 2.30. The fourth-order valence-corrected chi connectivity index (χ4v) is 3.19. The monoisotopic (exact) mass is 367 g/mol. The van der Waals surface area contributed by atoms with Crippen molar-refractivity contribution in [3.05, 3.63) is 48.5 Å². The van der Waals surface area contributed by atoms with E-state index in [4.69, 9.17) is 4.74 Å². The van der Waals surface area contributed by atoms with E-state index in [1.165, 1.54) is 0 Å². The molecule has 2 aromatic carbocycles. The Labute approximate surface area is 159 Å². The number of likely N-dealkylation sites (tertiary alicyclic amines) is 1. The van der Waals surface area contributed by atoms with Crippen molar-refractivity contribution in [1.29, 1.82) is 0 Å². The molecule has 27 heavy (non-hydrogen) atoms. The average Bonchev–Trinajstić information content (AvgIpc) is 3.23. The van der Waals surface area contributed by atoms with Crippen LogP contribution in [-0.2, 0) is 4.79 Å². The minimum Gasteiger partial charge on any atom is -0.495 e. The zero-order valence-electron chi connectivity index (χ0n) is 15.5. The summed E-state index contributed by atoms with van der Waals surface area (Å²) in [5, 5.41) is 5.56. The standard InChI is InChI=1S/C21H25N3O3/c1-27-19-10-9-17(16-7-3-2-4-8-16)15-18(19)23-21(26)22-12-11-20(25)24-13-5-6-14-24/h2-4,7-10,15H,5-6,11-14H2,1H3,(H2,22,23,26). The van der Waals surface area contributed by atoms with E-state index < -0.39 is 0 Å². The number of methoxy groups -OCH3 is 1. The summed E-state index contributed by atoms with van der Waals surface area (Å²) in [6.45, 7) is 1.96. The van der Waals surface area contributed by atoms with Crippen molar-refractivity contribution in [2.75, 3.05) is 32.1 Å². The van der Waals surface area contributed by atoms with Crippen molar-refractivity contribution < 1.29 is 14.3 Å². The van der Waals surface area contributed by atoms with Gasteiger partial charge in [-0.15, -0.1) is 0 Å². The quantitative estimate of drug-likeness (QED) is 0.821. The number of anilines is 1. The number of benzene rings is 2. The fourth-order valence-electron chi connectivity index (χ4n) is 3.19. The summed E-state index contributed by atoms with van der Waals surface area (Å²) in [4.78, 5) is 26.1. The number of hydrogen-bond acceptors (Lipinski definition) is 3. The first-order valence-electron chi connectivity index (χ1n) is 9.23. The second-order valence-electron chi connectivity index (χ2n) is 6.50. The summed E-state index contributed by atoms with van der Waals surface area (Å²) in [5.74, 6) is 0.675. The van der Waals surface area contributed by atoms with E-state index in [2.05, 4.69) is 10.6 Å². The smallest absolute Gasteiger partial charge is 0.319 e. The SMILES string of the molecule is COc1ccc(-c2ccccc2)cc1NC(=O)NCCC(=O)N1CCCC1. The molecular formula is C21H25N3O3. The molecule has 0 aliphatic carbocycles. The van der Waals surface area contributed by atoms with Crippen LogP contribution in [0.5, 0.6) is 5.75 Å². The summed E-state index contributed by atoms with van der Waals surface area (Å²) >= 11 is 0. The van der Waals surface area contributed by atoms with Crippen LogP contribution in [0.25, 0.3) is 11.1 Å². The van der Waals surface area contributed by atoms with Crippen LogP contribution >= 0.6 is 0 Å². The number of nitrogens with one attached hydrogen (secondary N) is 2. The number of ether oxygens (including phenoxy) is 1. The third-order valence-electron chi connectivity index (χ3n) is 4.64. The fraction of sp³-hybridized carbons (Fsp3) is 0.333. The molecule has 1 aliphatic heterocycles. The Morgan fingerprint density at radius 1 is 1.04 bits per heavy atom. The van der Waals surface area contributed by atoms with Crippen LogP contribution in [0.2, 0.25) is 0 Å². The summed E-state index contributed by atoms with van der Waals surface area (Å²) in [5.41, 5.74) is 2.62. The van der Waals surface area contributed by atoms with Crippen LogP contribution in [-0.4, -0.2) is 43.6 Å². The minimum absolute atomic E-state index is 0.0939. The largest absolute Gasteiger partial charge is 0.495 e. The third kappa shape index (κ3) is 5.00. The number of carbonyl (C=O) groups excluding carboxylic acids is 2. The van der Waals surface area contributed by atoms with Gasteiger partial charge in [0, 0.05) is 26.1 Å². The van der Waals surface area contributed by atoms with Crippen molar-refractivity contribution in [2.24, 2.45) is 0 Å². The molecule has 0 spiro atoms. The molecule has 1 saturated heterocycles. The second kappa shape index (κ2) is 9.07. The maximum Gasteiger partial charge on any atom is 0.319 e. The highest BCUT2D eigenvalue weighted by molar-refractivity contribution is 5.92. The number of carbonyl (C=O) groups is 2. The van der Waals surface area contributed by atoms with Crippen LogP contribution in [0.4, 0.5) is 10.5 Å². The van der Waals surface area contributed by atoms with Crippen LogP contribution in [0.1, 0.15) is 19.3 Å². The lowest BCUT2D eigenvalue weighted by molar-refractivity contribution is -0.129. The molecule has 0 unspecified atom stereocenters. The first-order chi connectivity index (χ1) is 13.2. The molecule has 1 heterocycles. The van der Waals surface area contributed by atoms with Gasteiger partial charge in [-0.1, -0.05) is 36.4 Å². The molecule has 0 saturated carbocycles. The van der Waals surface area contributed by atoms with Gasteiger partial charge in [0.05, 0.1) is 12.8 Å². The molecule has 0 bridgehead atoms. The average molecular weight is 367 g/mol. The Morgan fingerprint density at radius 3 is 2.48 bits per heavy atom. The first kappa shape index (κ1) is 18.8. The van der Waals surface area contributed by atoms with Crippen LogP contribution in [0.3, 0.4) is 0 Å². The van der Waals surface area contributed by atoms with E-state index >= 15 is 0 Å². The molecule has 0 atom stereocenters. The van der Waals surface area contributed by atoms with E-state index in [0.29, 0.717) is 24.4 Å².